The fraction of sp³-hybridized carbons (Fsp3) is 0.125. The van der Waals surface area contributed by atoms with E-state index < -0.39 is 21.9 Å². The van der Waals surface area contributed by atoms with Crippen LogP contribution >= 0.6 is 0 Å². The van der Waals surface area contributed by atoms with Crippen LogP contribution in [0.3, 0.4) is 0 Å². The molecule has 1 aromatic carbocycles. The average Bonchev–Trinajstić information content (AvgIpc) is 2.07. The van der Waals surface area contributed by atoms with Crippen LogP contribution < -0.4 is 39.1 Å². The van der Waals surface area contributed by atoms with Crippen molar-refractivity contribution in [1.82, 2.24) is 0 Å². The number of hydrogen-bond acceptors (Lipinski definition) is 6. The van der Waals surface area contributed by atoms with Crippen LogP contribution in [-0.4, -0.2) is 24.0 Å². The number of amides is 1. The van der Waals surface area contributed by atoms with Crippen molar-refractivity contribution in [1.29, 1.82) is 0 Å². The van der Waals surface area contributed by atoms with Gasteiger partial charge < -0.3 is 19.2 Å². The maximum atomic E-state index is 10.7. The minimum Gasteiger partial charge on any atom is -0.716 e. The zero-order valence-corrected chi connectivity index (χ0v) is 11.9. The smallest absolute Gasteiger partial charge is 0.716 e. The molecule has 17 heavy (non-hydrogen) atoms. The van der Waals surface area contributed by atoms with E-state index in [0.29, 0.717) is 0 Å². The van der Waals surface area contributed by atoms with Crippen molar-refractivity contribution in [3.05, 3.63) is 18.2 Å². The molecule has 0 aliphatic carbocycles. The number of aromatic hydroxyl groups is 1. The molecule has 2 N–H and O–H groups in total. The Bertz CT molecular complexity index is 515. The Morgan fingerprint density at radius 3 is 2.53 bits per heavy atom. The second-order valence-corrected chi connectivity index (χ2v) is 3.84. The molecule has 0 bridgehead atoms. The molecule has 0 aromatic heterocycles. The third-order valence-corrected chi connectivity index (χ3v) is 1.86. The maximum absolute atomic E-state index is 10.7. The SMILES string of the molecule is CC(=O)Nc1ccc(O)c(OS(=O)(=O)[O-])c1.[Na+]. The molecule has 0 atom stereocenters. The number of carbonyl (C=O) groups excluding carboxylic acids is 1. The predicted octanol–water partition coefficient (Wildman–Crippen LogP) is -2.81. The van der Waals surface area contributed by atoms with Gasteiger partial charge in [-0.25, -0.2) is 8.42 Å². The summed E-state index contributed by atoms with van der Waals surface area (Å²) in [6.07, 6.45) is 0. The molecule has 0 unspecified atom stereocenters. The van der Waals surface area contributed by atoms with Crippen LogP contribution in [0.2, 0.25) is 0 Å². The molecule has 0 heterocycles. The minimum atomic E-state index is -4.97. The van der Waals surface area contributed by atoms with Crippen molar-refractivity contribution in [2.45, 2.75) is 6.92 Å². The van der Waals surface area contributed by atoms with Gasteiger partial charge >= 0.3 is 29.6 Å². The van der Waals surface area contributed by atoms with Gasteiger partial charge in [0.25, 0.3) is 10.4 Å². The molecule has 0 aliphatic rings. The number of hydrogen-bond donors (Lipinski definition) is 2. The Balaban J connectivity index is 0.00000256. The summed E-state index contributed by atoms with van der Waals surface area (Å²) in [6.45, 7) is 1.25. The first kappa shape index (κ1) is 16.2. The van der Waals surface area contributed by atoms with Gasteiger partial charge in [0.1, 0.15) is 0 Å². The predicted molar refractivity (Wildman–Crippen MR) is 52.7 cm³/mol. The zero-order chi connectivity index (χ0) is 12.3. The van der Waals surface area contributed by atoms with Gasteiger partial charge in [-0.05, 0) is 12.1 Å². The van der Waals surface area contributed by atoms with Crippen molar-refractivity contribution >= 4 is 22.0 Å². The summed E-state index contributed by atoms with van der Waals surface area (Å²) in [5, 5.41) is 11.5. The molecule has 1 amide bonds. The van der Waals surface area contributed by atoms with Crippen molar-refractivity contribution in [3.8, 4) is 11.5 Å². The topological polar surface area (TPSA) is 116 Å². The number of carbonyl (C=O) groups is 1. The van der Waals surface area contributed by atoms with Crippen LogP contribution in [0.1, 0.15) is 6.92 Å². The van der Waals surface area contributed by atoms with E-state index in [0.717, 1.165) is 12.1 Å². The van der Waals surface area contributed by atoms with E-state index in [1.165, 1.54) is 13.0 Å². The third kappa shape index (κ3) is 5.89. The maximum Gasteiger partial charge on any atom is 1.00 e. The van der Waals surface area contributed by atoms with Gasteiger partial charge in [0, 0.05) is 18.7 Å². The first-order valence-electron chi connectivity index (χ1n) is 4.04. The first-order valence-corrected chi connectivity index (χ1v) is 5.37. The number of nitrogens with one attached hydrogen (secondary N) is 1. The number of rotatable bonds is 3. The molecule has 1 aromatic rings. The molecular formula is C8H8NNaO6S. The van der Waals surface area contributed by atoms with Gasteiger partial charge in [0.05, 0.1) is 0 Å². The molecule has 1 rings (SSSR count). The van der Waals surface area contributed by atoms with Gasteiger partial charge in [-0.3, -0.25) is 4.79 Å². The van der Waals surface area contributed by atoms with Crippen molar-refractivity contribution < 1.29 is 56.6 Å². The quantitative estimate of drug-likeness (QED) is 0.265. The molecule has 88 valence electrons. The van der Waals surface area contributed by atoms with Crippen LogP contribution in [0, 0.1) is 0 Å². The summed E-state index contributed by atoms with van der Waals surface area (Å²) in [7, 11) is -4.97. The van der Waals surface area contributed by atoms with Crippen LogP contribution in [0.4, 0.5) is 5.69 Å². The molecule has 0 saturated carbocycles. The minimum absolute atomic E-state index is 0. The zero-order valence-electron chi connectivity index (χ0n) is 9.13. The van der Waals surface area contributed by atoms with Crippen molar-refractivity contribution in [2.24, 2.45) is 0 Å². The molecule has 0 fully saturated rings. The Morgan fingerprint density at radius 1 is 1.47 bits per heavy atom. The van der Waals surface area contributed by atoms with E-state index >= 15 is 0 Å². The molecule has 9 heteroatoms. The van der Waals surface area contributed by atoms with Crippen LogP contribution in [-0.2, 0) is 15.2 Å². The van der Waals surface area contributed by atoms with Gasteiger partial charge in [0.15, 0.2) is 11.5 Å². The first-order chi connectivity index (χ1) is 7.28. The fourth-order valence-electron chi connectivity index (χ4n) is 0.972. The summed E-state index contributed by atoms with van der Waals surface area (Å²) in [5.41, 5.74) is 0.198. The average molecular weight is 269 g/mol. The van der Waals surface area contributed by atoms with E-state index in [4.69, 9.17) is 0 Å². The van der Waals surface area contributed by atoms with Crippen molar-refractivity contribution in [3.63, 3.8) is 0 Å². The van der Waals surface area contributed by atoms with E-state index in [9.17, 15) is 22.9 Å². The second-order valence-electron chi connectivity index (χ2n) is 2.86. The van der Waals surface area contributed by atoms with Crippen LogP contribution in [0.5, 0.6) is 11.5 Å². The van der Waals surface area contributed by atoms with E-state index in [1.807, 2.05) is 0 Å². The van der Waals surface area contributed by atoms with E-state index in [2.05, 4.69) is 9.50 Å². The number of phenolic OH excluding ortho intramolecular Hbond substituents is 1. The molecule has 7 nitrogen and oxygen atoms in total. The standard InChI is InChI=1S/C8H9NO6S.Na/c1-5(10)9-6-2-3-7(11)8(4-6)15-16(12,13)14;/h2-4,11H,1H3,(H,9,10)(H,12,13,14);/q;+1/p-1. The Morgan fingerprint density at radius 2 is 2.06 bits per heavy atom. The normalized spacial score (nSPS) is 10.2. The van der Waals surface area contributed by atoms with Crippen molar-refractivity contribution in [2.75, 3.05) is 5.32 Å². The van der Waals surface area contributed by atoms with E-state index in [1.54, 1.807) is 0 Å². The molecule has 0 spiro atoms. The largest absolute Gasteiger partial charge is 1.00 e. The Kier molecular flexibility index (Phi) is 5.93. The van der Waals surface area contributed by atoms with Gasteiger partial charge in [0.2, 0.25) is 5.91 Å². The van der Waals surface area contributed by atoms with Gasteiger partial charge in [-0.1, -0.05) is 0 Å². The van der Waals surface area contributed by atoms with E-state index in [-0.39, 0.29) is 41.2 Å². The summed E-state index contributed by atoms with van der Waals surface area (Å²) in [6, 6.07) is 3.43. The van der Waals surface area contributed by atoms with Gasteiger partial charge in [-0.2, -0.15) is 0 Å². The van der Waals surface area contributed by atoms with Gasteiger partial charge in [-0.15, -0.1) is 0 Å². The fourth-order valence-corrected chi connectivity index (χ4v) is 1.33. The molecule has 0 saturated heterocycles. The molecular weight excluding hydrogens is 261 g/mol. The Hall–Kier alpha value is -0.800. The summed E-state index contributed by atoms with van der Waals surface area (Å²) < 4.78 is 34.9. The third-order valence-electron chi connectivity index (χ3n) is 1.47. The second kappa shape index (κ2) is 6.22. The summed E-state index contributed by atoms with van der Waals surface area (Å²) in [4.78, 5) is 10.7. The molecule has 0 aliphatic heterocycles. The number of phenols is 1. The number of benzene rings is 1. The molecule has 0 radical (unpaired) electrons. The summed E-state index contributed by atoms with van der Waals surface area (Å²) >= 11 is 0. The van der Waals surface area contributed by atoms with Crippen LogP contribution in [0.25, 0.3) is 0 Å². The Labute approximate surface area is 120 Å². The summed E-state index contributed by atoms with van der Waals surface area (Å²) in [5.74, 6) is -1.45. The monoisotopic (exact) mass is 269 g/mol. The van der Waals surface area contributed by atoms with Crippen LogP contribution in [0.15, 0.2) is 18.2 Å². The number of anilines is 1.